The molecule has 3 aromatic carbocycles. The fraction of sp³-hybridized carbons (Fsp3) is 0.324. The number of anilines is 1. The highest BCUT2D eigenvalue weighted by atomic mass is 19.1. The highest BCUT2D eigenvalue weighted by Gasteiger charge is 2.26. The van der Waals surface area contributed by atoms with E-state index in [9.17, 15) is 9.18 Å². The molecule has 1 saturated heterocycles. The number of ether oxygens (including phenoxy) is 3. The lowest BCUT2D eigenvalue weighted by atomic mass is 10.1. The number of methoxy groups -OCH3 is 2. The first-order valence-electron chi connectivity index (χ1n) is 14.5. The van der Waals surface area contributed by atoms with E-state index in [-0.39, 0.29) is 11.7 Å². The van der Waals surface area contributed by atoms with Gasteiger partial charge >= 0.3 is 0 Å². The van der Waals surface area contributed by atoms with E-state index in [1.165, 1.54) is 12.1 Å². The number of carbonyl (C=O) groups is 1. The number of nitrogens with zero attached hydrogens (tertiary/aromatic N) is 3. The molecule has 0 aliphatic carbocycles. The number of benzene rings is 3. The minimum absolute atomic E-state index is 0.124. The zero-order valence-corrected chi connectivity index (χ0v) is 24.9. The molecule has 8 nitrogen and oxygen atoms in total. The molecular formula is C34H38FN3O5. The zero-order valence-electron chi connectivity index (χ0n) is 24.9. The Morgan fingerprint density at radius 3 is 2.28 bits per heavy atom. The summed E-state index contributed by atoms with van der Waals surface area (Å²) in [5.41, 5.74) is 2.89. The lowest BCUT2D eigenvalue weighted by Gasteiger charge is -2.36. The number of rotatable bonds is 12. The van der Waals surface area contributed by atoms with E-state index in [1.54, 1.807) is 26.4 Å². The molecule has 0 bridgehead atoms. The second-order valence-corrected chi connectivity index (χ2v) is 10.4. The molecule has 0 unspecified atom stereocenters. The molecule has 0 spiro atoms. The third kappa shape index (κ3) is 7.48. The van der Waals surface area contributed by atoms with Crippen LogP contribution in [0, 0.1) is 5.82 Å². The Hall–Kier alpha value is -4.50. The maximum Gasteiger partial charge on any atom is 0.289 e. The molecule has 0 atom stereocenters. The monoisotopic (exact) mass is 587 g/mol. The van der Waals surface area contributed by atoms with Gasteiger partial charge in [-0.15, -0.1) is 0 Å². The van der Waals surface area contributed by atoms with E-state index in [2.05, 4.69) is 15.9 Å². The number of piperazine rings is 1. The topological polar surface area (TPSA) is 67.6 Å². The molecule has 1 amide bonds. The molecule has 5 rings (SSSR count). The molecular weight excluding hydrogens is 549 g/mol. The quantitative estimate of drug-likeness (QED) is 0.201. The van der Waals surface area contributed by atoms with Crippen molar-refractivity contribution < 1.29 is 27.8 Å². The van der Waals surface area contributed by atoms with Gasteiger partial charge in [-0.2, -0.15) is 0 Å². The van der Waals surface area contributed by atoms with Crippen LogP contribution in [0.1, 0.15) is 34.4 Å². The molecule has 2 heterocycles. The number of para-hydroxylation sites is 2. The fourth-order valence-corrected chi connectivity index (χ4v) is 5.40. The van der Waals surface area contributed by atoms with Crippen molar-refractivity contribution in [3.8, 4) is 17.2 Å². The number of carbonyl (C=O) groups excluding carboxylic acids is 1. The number of amides is 1. The summed E-state index contributed by atoms with van der Waals surface area (Å²) in [5.74, 6) is 2.71. The second-order valence-electron chi connectivity index (χ2n) is 10.4. The predicted octanol–water partition coefficient (Wildman–Crippen LogP) is 6.00. The average molecular weight is 588 g/mol. The van der Waals surface area contributed by atoms with Crippen LogP contribution in [0.15, 0.2) is 83.3 Å². The van der Waals surface area contributed by atoms with Crippen LogP contribution in [0.25, 0.3) is 0 Å². The Balaban J connectivity index is 1.26. The van der Waals surface area contributed by atoms with Gasteiger partial charge in [-0.05, 0) is 66.6 Å². The van der Waals surface area contributed by atoms with E-state index >= 15 is 0 Å². The largest absolute Gasteiger partial charge is 0.493 e. The van der Waals surface area contributed by atoms with E-state index < -0.39 is 0 Å². The zero-order chi connectivity index (χ0) is 30.2. The minimum Gasteiger partial charge on any atom is -0.493 e. The van der Waals surface area contributed by atoms with Gasteiger partial charge in [-0.3, -0.25) is 9.69 Å². The van der Waals surface area contributed by atoms with Crippen LogP contribution in [-0.4, -0.2) is 62.7 Å². The van der Waals surface area contributed by atoms with Crippen molar-refractivity contribution in [1.82, 2.24) is 9.80 Å². The van der Waals surface area contributed by atoms with Crippen LogP contribution in [0.4, 0.5) is 10.1 Å². The lowest BCUT2D eigenvalue weighted by Crippen LogP contribution is -2.48. The second kappa shape index (κ2) is 14.1. The van der Waals surface area contributed by atoms with Crippen molar-refractivity contribution in [3.05, 3.63) is 107 Å². The normalized spacial score (nSPS) is 13.3. The van der Waals surface area contributed by atoms with Crippen LogP contribution >= 0.6 is 0 Å². The Labute approximate surface area is 252 Å². The highest BCUT2D eigenvalue weighted by molar-refractivity contribution is 5.91. The molecule has 1 fully saturated rings. The van der Waals surface area contributed by atoms with Crippen LogP contribution in [0.5, 0.6) is 17.2 Å². The molecule has 43 heavy (non-hydrogen) atoms. The van der Waals surface area contributed by atoms with Gasteiger partial charge in [0.05, 0.1) is 33.1 Å². The third-order valence-corrected chi connectivity index (χ3v) is 7.47. The van der Waals surface area contributed by atoms with Crippen molar-refractivity contribution in [1.29, 1.82) is 0 Å². The molecule has 0 saturated carbocycles. The van der Waals surface area contributed by atoms with Gasteiger partial charge in [0.2, 0.25) is 0 Å². The first-order valence-corrected chi connectivity index (χ1v) is 14.5. The van der Waals surface area contributed by atoms with Crippen molar-refractivity contribution in [2.45, 2.75) is 26.6 Å². The van der Waals surface area contributed by atoms with Gasteiger partial charge in [-0.25, -0.2) is 4.39 Å². The smallest absolute Gasteiger partial charge is 0.289 e. The molecule has 1 aliphatic rings. The Morgan fingerprint density at radius 2 is 1.56 bits per heavy atom. The summed E-state index contributed by atoms with van der Waals surface area (Å²) in [6, 6.07) is 23.9. The molecule has 226 valence electrons. The summed E-state index contributed by atoms with van der Waals surface area (Å²) in [5, 5.41) is 0. The van der Waals surface area contributed by atoms with E-state index in [1.807, 2.05) is 60.4 Å². The Kier molecular flexibility index (Phi) is 9.84. The van der Waals surface area contributed by atoms with Crippen LogP contribution in [0.2, 0.25) is 0 Å². The van der Waals surface area contributed by atoms with Crippen molar-refractivity contribution >= 4 is 11.6 Å². The highest BCUT2D eigenvalue weighted by Crippen LogP contribution is 2.30. The average Bonchev–Trinajstić information content (AvgIpc) is 3.49. The van der Waals surface area contributed by atoms with Crippen LogP contribution in [0.3, 0.4) is 0 Å². The van der Waals surface area contributed by atoms with Gasteiger partial charge in [0, 0.05) is 39.3 Å². The summed E-state index contributed by atoms with van der Waals surface area (Å²) < 4.78 is 36.7. The maximum absolute atomic E-state index is 14.0. The van der Waals surface area contributed by atoms with Gasteiger partial charge in [0.15, 0.2) is 17.3 Å². The predicted molar refractivity (Wildman–Crippen MR) is 163 cm³/mol. The third-order valence-electron chi connectivity index (χ3n) is 7.47. The molecule has 0 radical (unpaired) electrons. The number of hydrogen-bond acceptors (Lipinski definition) is 7. The molecule has 1 aliphatic heterocycles. The van der Waals surface area contributed by atoms with Crippen LogP contribution < -0.4 is 19.1 Å². The fourth-order valence-electron chi connectivity index (χ4n) is 5.40. The lowest BCUT2D eigenvalue weighted by molar-refractivity contribution is 0.0710. The SMILES string of the molecule is CCOc1ccccc1N1CCN(C(=O)c2ccc(CN(Cc3cccc(F)c3)Cc3ccc(OC)c(OC)c3)o2)CC1. The van der Waals surface area contributed by atoms with Crippen molar-refractivity contribution in [2.24, 2.45) is 0 Å². The van der Waals surface area contributed by atoms with Gasteiger partial charge in [0.1, 0.15) is 17.3 Å². The summed E-state index contributed by atoms with van der Waals surface area (Å²) in [4.78, 5) is 19.6. The summed E-state index contributed by atoms with van der Waals surface area (Å²) in [6.45, 7) is 6.62. The van der Waals surface area contributed by atoms with Gasteiger partial charge < -0.3 is 28.4 Å². The Morgan fingerprint density at radius 1 is 0.814 bits per heavy atom. The first kappa shape index (κ1) is 30.0. The van der Waals surface area contributed by atoms with Crippen molar-refractivity contribution in [3.63, 3.8) is 0 Å². The maximum atomic E-state index is 14.0. The van der Waals surface area contributed by atoms with E-state index in [0.717, 1.165) is 22.6 Å². The van der Waals surface area contributed by atoms with Crippen LogP contribution in [-0.2, 0) is 19.6 Å². The molecule has 4 aromatic rings. The molecule has 1 aromatic heterocycles. The molecule has 0 N–H and O–H groups in total. The van der Waals surface area contributed by atoms with Gasteiger partial charge in [-0.1, -0.05) is 30.3 Å². The standard InChI is InChI=1S/C34H38FN3O5/c1-4-42-30-11-6-5-10-29(30)37-16-18-38(19-17-37)34(39)32-15-13-28(43-32)24-36(22-25-8-7-9-27(35)20-25)23-26-12-14-31(40-2)33(21-26)41-3/h5-15,20-21H,4,16-19,22-24H2,1-3H3. The van der Waals surface area contributed by atoms with E-state index in [4.69, 9.17) is 18.6 Å². The number of halogens is 1. The Bertz CT molecular complexity index is 1520. The number of hydrogen-bond donors (Lipinski definition) is 0. The minimum atomic E-state index is -0.282. The molecule has 9 heteroatoms. The summed E-state index contributed by atoms with van der Waals surface area (Å²) in [6.07, 6.45) is 0. The summed E-state index contributed by atoms with van der Waals surface area (Å²) in [7, 11) is 3.21. The van der Waals surface area contributed by atoms with Gasteiger partial charge in [0.25, 0.3) is 5.91 Å². The summed E-state index contributed by atoms with van der Waals surface area (Å²) >= 11 is 0. The first-order chi connectivity index (χ1) is 21.0. The van der Waals surface area contributed by atoms with E-state index in [0.29, 0.717) is 75.4 Å². The number of furan rings is 1. The van der Waals surface area contributed by atoms with Crippen molar-refractivity contribution in [2.75, 3.05) is 51.9 Å².